The van der Waals surface area contributed by atoms with Crippen molar-refractivity contribution < 1.29 is 14.3 Å². The maximum absolute atomic E-state index is 12.4. The summed E-state index contributed by atoms with van der Waals surface area (Å²) in [5, 5.41) is 2.86. The molecular formula is C18H17BrN2O3. The predicted molar refractivity (Wildman–Crippen MR) is 96.5 cm³/mol. The maximum atomic E-state index is 12.4. The van der Waals surface area contributed by atoms with Gasteiger partial charge < -0.3 is 10.1 Å². The van der Waals surface area contributed by atoms with Crippen LogP contribution in [0.15, 0.2) is 40.9 Å². The lowest BCUT2D eigenvalue weighted by atomic mass is 10.1. The summed E-state index contributed by atoms with van der Waals surface area (Å²) < 4.78 is 6.20. The van der Waals surface area contributed by atoms with Crippen LogP contribution in [-0.2, 0) is 9.59 Å². The molecule has 2 amide bonds. The van der Waals surface area contributed by atoms with E-state index in [2.05, 4.69) is 21.2 Å². The third kappa shape index (κ3) is 3.28. The van der Waals surface area contributed by atoms with Crippen LogP contribution in [0.5, 0.6) is 5.75 Å². The Morgan fingerprint density at radius 2 is 1.96 bits per heavy atom. The number of anilines is 2. The second kappa shape index (κ2) is 6.65. The molecule has 2 aromatic carbocycles. The highest BCUT2D eigenvalue weighted by Crippen LogP contribution is 2.31. The minimum Gasteiger partial charge on any atom is -0.482 e. The molecule has 0 saturated carbocycles. The van der Waals surface area contributed by atoms with Crippen molar-refractivity contribution in [2.45, 2.75) is 13.8 Å². The first kappa shape index (κ1) is 16.5. The second-order valence-electron chi connectivity index (χ2n) is 5.70. The number of carbonyl (C=O) groups excluding carboxylic acids is 2. The van der Waals surface area contributed by atoms with E-state index in [0.717, 1.165) is 15.6 Å². The van der Waals surface area contributed by atoms with Crippen molar-refractivity contribution in [3.05, 3.63) is 52.0 Å². The molecule has 24 heavy (non-hydrogen) atoms. The predicted octanol–water partition coefficient (Wildman–Crippen LogP) is 3.43. The van der Waals surface area contributed by atoms with E-state index in [-0.39, 0.29) is 25.0 Å². The summed E-state index contributed by atoms with van der Waals surface area (Å²) in [5.41, 5.74) is 3.53. The van der Waals surface area contributed by atoms with Gasteiger partial charge in [0.25, 0.3) is 5.91 Å². The molecule has 0 fully saturated rings. The summed E-state index contributed by atoms with van der Waals surface area (Å²) in [6, 6.07) is 11.1. The number of rotatable bonds is 3. The fraction of sp³-hybridized carbons (Fsp3) is 0.222. The zero-order chi connectivity index (χ0) is 17.3. The molecule has 1 aliphatic heterocycles. The van der Waals surface area contributed by atoms with Crippen molar-refractivity contribution in [3.63, 3.8) is 0 Å². The largest absolute Gasteiger partial charge is 0.482 e. The number of amides is 2. The van der Waals surface area contributed by atoms with Gasteiger partial charge in [-0.3, -0.25) is 14.5 Å². The van der Waals surface area contributed by atoms with Crippen LogP contribution in [0.2, 0.25) is 0 Å². The van der Waals surface area contributed by atoms with E-state index < -0.39 is 0 Å². The number of carbonyl (C=O) groups is 2. The molecule has 1 N–H and O–H groups in total. The summed E-state index contributed by atoms with van der Waals surface area (Å²) in [5.74, 6) is 0.115. The van der Waals surface area contributed by atoms with Crippen LogP contribution < -0.4 is 15.0 Å². The maximum Gasteiger partial charge on any atom is 0.265 e. The summed E-state index contributed by atoms with van der Waals surface area (Å²) >= 11 is 3.46. The van der Waals surface area contributed by atoms with Crippen LogP contribution in [0.4, 0.5) is 11.4 Å². The van der Waals surface area contributed by atoms with E-state index in [4.69, 9.17) is 4.74 Å². The first-order valence-corrected chi connectivity index (χ1v) is 8.34. The molecule has 0 atom stereocenters. The highest BCUT2D eigenvalue weighted by Gasteiger charge is 2.27. The molecule has 0 spiro atoms. The first-order chi connectivity index (χ1) is 11.5. The molecule has 124 valence electrons. The number of nitrogens with zero attached hydrogens (tertiary/aromatic N) is 1. The number of ether oxygens (including phenoxy) is 1. The molecule has 0 radical (unpaired) electrons. The third-order valence-electron chi connectivity index (χ3n) is 3.97. The van der Waals surface area contributed by atoms with E-state index in [1.165, 1.54) is 4.90 Å². The number of nitrogens with one attached hydrogen (secondary N) is 1. The van der Waals surface area contributed by atoms with Crippen LogP contribution in [0.1, 0.15) is 11.1 Å². The highest BCUT2D eigenvalue weighted by atomic mass is 79.9. The number of para-hydroxylation sites is 2. The SMILES string of the molecule is Cc1cc(Br)c(NC(=O)CN2C(=O)COc3ccccc32)cc1C. The zero-order valence-corrected chi connectivity index (χ0v) is 15.0. The van der Waals surface area contributed by atoms with Crippen molar-refractivity contribution >= 4 is 39.1 Å². The van der Waals surface area contributed by atoms with E-state index in [9.17, 15) is 9.59 Å². The fourth-order valence-corrected chi connectivity index (χ4v) is 3.09. The molecule has 0 aromatic heterocycles. The van der Waals surface area contributed by atoms with Gasteiger partial charge in [0.05, 0.1) is 11.4 Å². The van der Waals surface area contributed by atoms with Gasteiger partial charge >= 0.3 is 0 Å². The van der Waals surface area contributed by atoms with Gasteiger partial charge in [-0.2, -0.15) is 0 Å². The lowest BCUT2D eigenvalue weighted by molar-refractivity contribution is -0.123. The Hall–Kier alpha value is -2.34. The number of benzene rings is 2. The zero-order valence-electron chi connectivity index (χ0n) is 13.4. The monoisotopic (exact) mass is 388 g/mol. The molecular weight excluding hydrogens is 372 g/mol. The van der Waals surface area contributed by atoms with Gasteiger partial charge in [-0.25, -0.2) is 0 Å². The van der Waals surface area contributed by atoms with Crippen LogP contribution >= 0.6 is 15.9 Å². The lowest BCUT2D eigenvalue weighted by Crippen LogP contribution is -2.43. The Morgan fingerprint density at radius 1 is 1.25 bits per heavy atom. The van der Waals surface area contributed by atoms with Crippen LogP contribution in [-0.4, -0.2) is 25.0 Å². The molecule has 0 aliphatic carbocycles. The van der Waals surface area contributed by atoms with E-state index in [0.29, 0.717) is 17.1 Å². The minimum atomic E-state index is -0.260. The van der Waals surface area contributed by atoms with Gasteiger partial charge in [-0.05, 0) is 65.2 Å². The number of hydrogen-bond acceptors (Lipinski definition) is 3. The Bertz CT molecular complexity index is 820. The molecule has 1 heterocycles. The third-order valence-corrected chi connectivity index (χ3v) is 4.62. The highest BCUT2D eigenvalue weighted by molar-refractivity contribution is 9.10. The standard InChI is InChI=1S/C18H17BrN2O3/c1-11-7-13(19)14(8-12(11)2)20-17(22)9-21-15-5-3-4-6-16(15)24-10-18(21)23/h3-8H,9-10H2,1-2H3,(H,20,22). The van der Waals surface area contributed by atoms with Crippen LogP contribution in [0, 0.1) is 13.8 Å². The fourth-order valence-electron chi connectivity index (χ4n) is 2.54. The van der Waals surface area contributed by atoms with Crippen molar-refractivity contribution in [3.8, 4) is 5.75 Å². The van der Waals surface area contributed by atoms with Gasteiger partial charge in [-0.1, -0.05) is 12.1 Å². The number of aryl methyl sites for hydroxylation is 2. The van der Waals surface area contributed by atoms with Crippen molar-refractivity contribution in [1.29, 1.82) is 0 Å². The topological polar surface area (TPSA) is 58.6 Å². The number of halogens is 1. The van der Waals surface area contributed by atoms with Gasteiger partial charge in [0, 0.05) is 4.47 Å². The normalized spacial score (nSPS) is 13.3. The van der Waals surface area contributed by atoms with E-state index in [1.54, 1.807) is 12.1 Å². The Labute approximate surface area is 148 Å². The molecule has 0 bridgehead atoms. The smallest absolute Gasteiger partial charge is 0.265 e. The Balaban J connectivity index is 1.78. The molecule has 0 saturated heterocycles. The van der Waals surface area contributed by atoms with Gasteiger partial charge in [0.2, 0.25) is 5.91 Å². The van der Waals surface area contributed by atoms with E-state index in [1.807, 2.05) is 38.1 Å². The van der Waals surface area contributed by atoms with E-state index >= 15 is 0 Å². The number of fused-ring (bicyclic) bond motifs is 1. The van der Waals surface area contributed by atoms with Crippen molar-refractivity contribution in [2.24, 2.45) is 0 Å². The molecule has 3 rings (SSSR count). The average molecular weight is 389 g/mol. The van der Waals surface area contributed by atoms with Gasteiger partial charge in [0.1, 0.15) is 12.3 Å². The van der Waals surface area contributed by atoms with Crippen LogP contribution in [0.3, 0.4) is 0 Å². The first-order valence-electron chi connectivity index (χ1n) is 7.54. The summed E-state index contributed by atoms with van der Waals surface area (Å²) in [7, 11) is 0. The lowest BCUT2D eigenvalue weighted by Gasteiger charge is -2.28. The second-order valence-corrected chi connectivity index (χ2v) is 6.56. The Morgan fingerprint density at radius 3 is 2.75 bits per heavy atom. The molecule has 1 aliphatic rings. The molecule has 2 aromatic rings. The average Bonchev–Trinajstić information content (AvgIpc) is 2.55. The number of hydrogen-bond donors (Lipinski definition) is 1. The molecule has 6 heteroatoms. The quantitative estimate of drug-likeness (QED) is 0.875. The van der Waals surface area contributed by atoms with Crippen LogP contribution in [0.25, 0.3) is 0 Å². The summed E-state index contributed by atoms with van der Waals surface area (Å²) in [4.78, 5) is 26.0. The van der Waals surface area contributed by atoms with Crippen molar-refractivity contribution in [1.82, 2.24) is 0 Å². The van der Waals surface area contributed by atoms with Gasteiger partial charge in [0.15, 0.2) is 6.61 Å². The summed E-state index contributed by atoms with van der Waals surface area (Å²) in [6.07, 6.45) is 0. The summed E-state index contributed by atoms with van der Waals surface area (Å²) in [6.45, 7) is 3.88. The Kier molecular flexibility index (Phi) is 4.57. The van der Waals surface area contributed by atoms with Gasteiger partial charge in [-0.15, -0.1) is 0 Å². The molecule has 0 unspecified atom stereocenters. The molecule has 5 nitrogen and oxygen atoms in total. The van der Waals surface area contributed by atoms with Crippen molar-refractivity contribution in [2.75, 3.05) is 23.4 Å². The minimum absolute atomic E-state index is 0.0570.